The summed E-state index contributed by atoms with van der Waals surface area (Å²) in [6.07, 6.45) is 0. The Morgan fingerprint density at radius 3 is 2.55 bits per heavy atom. The summed E-state index contributed by atoms with van der Waals surface area (Å²) in [4.78, 5) is 12.8. The van der Waals surface area contributed by atoms with Gasteiger partial charge >= 0.3 is 0 Å². The van der Waals surface area contributed by atoms with Crippen LogP contribution < -0.4 is 0 Å². The molecule has 0 bridgehead atoms. The van der Waals surface area contributed by atoms with Gasteiger partial charge in [0.2, 0.25) is 0 Å². The Morgan fingerprint density at radius 2 is 1.95 bits per heavy atom. The molecule has 1 atom stereocenters. The molecule has 0 saturated carbocycles. The maximum absolute atomic E-state index is 5.42. The molecule has 20 heavy (non-hydrogen) atoms. The number of H-pyrrole nitrogens is 1. The highest BCUT2D eigenvalue weighted by Crippen LogP contribution is 2.30. The molecule has 1 aromatic heterocycles. The number of aromatic nitrogens is 2. The van der Waals surface area contributed by atoms with Gasteiger partial charge in [-0.05, 0) is 30.0 Å². The van der Waals surface area contributed by atoms with Gasteiger partial charge in [0.05, 0.1) is 10.5 Å². The lowest BCUT2D eigenvalue weighted by atomic mass is 9.92. The molecule has 1 aromatic rings. The van der Waals surface area contributed by atoms with Crippen LogP contribution >= 0.6 is 28.1 Å². The molecule has 1 N–H and O–H groups in total. The van der Waals surface area contributed by atoms with Crippen LogP contribution in [0.1, 0.15) is 38.3 Å². The summed E-state index contributed by atoms with van der Waals surface area (Å²) >= 11 is 9.00. The largest absolute Gasteiger partial charge is 0.344 e. The van der Waals surface area contributed by atoms with Crippen molar-refractivity contribution in [1.82, 2.24) is 19.8 Å². The van der Waals surface area contributed by atoms with Crippen molar-refractivity contribution in [2.24, 2.45) is 0 Å². The molecule has 1 saturated heterocycles. The van der Waals surface area contributed by atoms with Crippen LogP contribution in [0.25, 0.3) is 0 Å². The predicted molar refractivity (Wildman–Crippen MR) is 88.7 cm³/mol. The molecule has 0 aliphatic carbocycles. The number of nitrogens with one attached hydrogen (secondary N) is 1. The Balaban J connectivity index is 2.47. The fourth-order valence-electron chi connectivity index (χ4n) is 2.46. The molecule has 1 fully saturated rings. The van der Waals surface area contributed by atoms with Gasteiger partial charge in [0, 0.05) is 30.7 Å². The molecule has 6 heteroatoms. The maximum atomic E-state index is 5.42. The number of hydrogen-bond acceptors (Lipinski definition) is 4. The van der Waals surface area contributed by atoms with Gasteiger partial charge in [0.15, 0.2) is 0 Å². The summed E-state index contributed by atoms with van der Waals surface area (Å²) in [7, 11) is 4.30. The van der Waals surface area contributed by atoms with Crippen LogP contribution in [0.2, 0.25) is 0 Å². The quantitative estimate of drug-likeness (QED) is 0.782. The normalized spacial score (nSPS) is 22.2. The van der Waals surface area contributed by atoms with Crippen molar-refractivity contribution in [3.05, 3.63) is 20.6 Å². The lowest BCUT2D eigenvalue weighted by Gasteiger charge is -2.37. The molecule has 1 aliphatic heterocycles. The zero-order valence-corrected chi connectivity index (χ0v) is 15.2. The molecule has 112 valence electrons. The minimum atomic E-state index is 0.00320. The van der Waals surface area contributed by atoms with E-state index in [4.69, 9.17) is 12.2 Å². The highest BCUT2D eigenvalue weighted by Gasteiger charge is 2.28. The molecule has 1 unspecified atom stereocenters. The fourth-order valence-corrected chi connectivity index (χ4v) is 3.44. The monoisotopic (exact) mass is 358 g/mol. The maximum Gasteiger partial charge on any atom is 0.144 e. The second kappa shape index (κ2) is 5.83. The zero-order chi connectivity index (χ0) is 15.1. The molecular formula is C14H23BrN4S. The number of nitrogens with zero attached hydrogens (tertiary/aromatic N) is 3. The van der Waals surface area contributed by atoms with Gasteiger partial charge in [-0.15, -0.1) is 0 Å². The molecule has 0 amide bonds. The van der Waals surface area contributed by atoms with Gasteiger partial charge in [-0.2, -0.15) is 0 Å². The van der Waals surface area contributed by atoms with Crippen molar-refractivity contribution < 1.29 is 0 Å². The van der Waals surface area contributed by atoms with E-state index in [-0.39, 0.29) is 11.5 Å². The number of rotatable bonds is 1. The summed E-state index contributed by atoms with van der Waals surface area (Å²) in [6, 6.07) is 0.268. The van der Waals surface area contributed by atoms with Gasteiger partial charge in [-0.1, -0.05) is 33.0 Å². The molecule has 0 radical (unpaired) electrons. The molecule has 2 heterocycles. The molecule has 0 aromatic carbocycles. The molecule has 1 aliphatic rings. The van der Waals surface area contributed by atoms with E-state index in [1.807, 2.05) is 0 Å². The van der Waals surface area contributed by atoms with Gasteiger partial charge < -0.3 is 9.88 Å². The summed E-state index contributed by atoms with van der Waals surface area (Å²) in [6.45, 7) is 9.65. The van der Waals surface area contributed by atoms with Gasteiger partial charge in [0.25, 0.3) is 0 Å². The van der Waals surface area contributed by atoms with E-state index in [0.29, 0.717) is 4.64 Å². The molecular weight excluding hydrogens is 336 g/mol. The first kappa shape index (κ1) is 16.1. The van der Waals surface area contributed by atoms with Gasteiger partial charge in [0.1, 0.15) is 10.5 Å². The first-order valence-electron chi connectivity index (χ1n) is 6.89. The van der Waals surface area contributed by atoms with Crippen molar-refractivity contribution in [2.45, 2.75) is 32.2 Å². The summed E-state index contributed by atoms with van der Waals surface area (Å²) in [5.74, 6) is 0.970. The molecule has 0 spiro atoms. The number of piperazine rings is 1. The van der Waals surface area contributed by atoms with E-state index in [2.05, 4.69) is 70.6 Å². The second-order valence-corrected chi connectivity index (χ2v) is 7.80. The van der Waals surface area contributed by atoms with Crippen molar-refractivity contribution in [3.8, 4) is 0 Å². The third kappa shape index (κ3) is 3.30. The van der Waals surface area contributed by atoms with Gasteiger partial charge in [-0.3, -0.25) is 4.90 Å². The number of likely N-dealkylation sites (N-methyl/N-ethyl adjacent to an activating group) is 2. The van der Waals surface area contributed by atoms with E-state index in [9.17, 15) is 0 Å². The number of aromatic amines is 1. The summed E-state index contributed by atoms with van der Waals surface area (Å²) in [5.41, 5.74) is 1.12. The standard InChI is InChI=1S/C14H23BrN4S/c1-14(2,3)11-10(15)13(20)17-12(16-11)9-8-18(4)6-7-19(9)5/h9H,6-8H2,1-5H3,(H,16,17,20). The Bertz CT molecular complexity index is 549. The second-order valence-electron chi connectivity index (χ2n) is 6.62. The Labute approximate surface area is 134 Å². The van der Waals surface area contributed by atoms with Gasteiger partial charge in [-0.25, -0.2) is 4.98 Å². The van der Waals surface area contributed by atoms with E-state index in [0.717, 1.165) is 35.6 Å². The van der Waals surface area contributed by atoms with Crippen molar-refractivity contribution >= 4 is 28.1 Å². The number of hydrogen-bond donors (Lipinski definition) is 1. The number of halogens is 1. The predicted octanol–water partition coefficient (Wildman–Crippen LogP) is 3.12. The first-order chi connectivity index (χ1) is 9.20. The smallest absolute Gasteiger partial charge is 0.144 e. The Hall–Kier alpha value is -0.300. The lowest BCUT2D eigenvalue weighted by molar-refractivity contribution is 0.109. The minimum Gasteiger partial charge on any atom is -0.344 e. The topological polar surface area (TPSA) is 35.2 Å². The van der Waals surface area contributed by atoms with E-state index < -0.39 is 0 Å². The van der Waals surface area contributed by atoms with Crippen LogP contribution in [0, 0.1) is 4.64 Å². The Kier molecular flexibility index (Phi) is 4.69. The van der Waals surface area contributed by atoms with Crippen LogP contribution in [0.5, 0.6) is 0 Å². The lowest BCUT2D eigenvalue weighted by Crippen LogP contribution is -2.45. The van der Waals surface area contributed by atoms with E-state index >= 15 is 0 Å². The highest BCUT2D eigenvalue weighted by molar-refractivity contribution is 9.10. The van der Waals surface area contributed by atoms with Crippen LogP contribution in [0.3, 0.4) is 0 Å². The molecule has 2 rings (SSSR count). The first-order valence-corrected chi connectivity index (χ1v) is 8.09. The van der Waals surface area contributed by atoms with E-state index in [1.54, 1.807) is 0 Å². The Morgan fingerprint density at radius 1 is 1.30 bits per heavy atom. The average Bonchev–Trinajstić information content (AvgIpc) is 2.34. The van der Waals surface area contributed by atoms with Crippen molar-refractivity contribution in [3.63, 3.8) is 0 Å². The average molecular weight is 359 g/mol. The fraction of sp³-hybridized carbons (Fsp3) is 0.714. The SMILES string of the molecule is CN1CCN(C)C(c2nc(=S)c(Br)c(C(C)(C)C)[nH]2)C1. The van der Waals surface area contributed by atoms with Crippen LogP contribution in [0.15, 0.2) is 4.47 Å². The minimum absolute atomic E-state index is 0.00320. The third-order valence-electron chi connectivity index (χ3n) is 3.80. The summed E-state index contributed by atoms with van der Waals surface area (Å²) in [5, 5.41) is 0. The van der Waals surface area contributed by atoms with Crippen molar-refractivity contribution in [2.75, 3.05) is 33.7 Å². The third-order valence-corrected chi connectivity index (χ3v) is 5.13. The van der Waals surface area contributed by atoms with E-state index in [1.165, 1.54) is 0 Å². The van der Waals surface area contributed by atoms with Crippen LogP contribution in [-0.2, 0) is 5.41 Å². The molecule has 4 nitrogen and oxygen atoms in total. The summed E-state index contributed by atoms with van der Waals surface area (Å²) < 4.78 is 1.56. The van der Waals surface area contributed by atoms with Crippen LogP contribution in [0.4, 0.5) is 0 Å². The zero-order valence-electron chi connectivity index (χ0n) is 12.8. The van der Waals surface area contributed by atoms with Crippen molar-refractivity contribution in [1.29, 1.82) is 0 Å². The van der Waals surface area contributed by atoms with Crippen LogP contribution in [-0.4, -0.2) is 53.5 Å². The highest BCUT2D eigenvalue weighted by atomic mass is 79.9.